The van der Waals surface area contributed by atoms with Crippen molar-refractivity contribution in [3.8, 4) is 0 Å². The van der Waals surface area contributed by atoms with Gasteiger partial charge in [-0.3, -0.25) is 4.79 Å². The maximum absolute atomic E-state index is 12.8. The second-order valence-corrected chi connectivity index (χ2v) is 6.76. The lowest BCUT2D eigenvalue weighted by Crippen LogP contribution is -2.36. The Balaban J connectivity index is 1.84. The van der Waals surface area contributed by atoms with E-state index in [0.717, 1.165) is 5.56 Å². The maximum Gasteiger partial charge on any atom is 0.335 e. The van der Waals surface area contributed by atoms with Crippen LogP contribution >= 0.6 is 0 Å². The van der Waals surface area contributed by atoms with Crippen LogP contribution in [-0.4, -0.2) is 23.0 Å². The van der Waals surface area contributed by atoms with Crippen LogP contribution in [0.1, 0.15) is 48.2 Å². The molecule has 26 heavy (non-hydrogen) atoms. The van der Waals surface area contributed by atoms with Crippen LogP contribution in [0.3, 0.4) is 0 Å². The monoisotopic (exact) mass is 350 g/mol. The molecule has 1 aliphatic rings. The van der Waals surface area contributed by atoms with Crippen LogP contribution in [0.4, 0.5) is 5.69 Å². The average molecular weight is 350 g/mol. The number of carboxylic acids is 1. The van der Waals surface area contributed by atoms with Gasteiger partial charge < -0.3 is 5.11 Å². The molecule has 1 amide bonds. The van der Waals surface area contributed by atoms with E-state index < -0.39 is 5.97 Å². The summed E-state index contributed by atoms with van der Waals surface area (Å²) in [5, 5.41) is 10.5. The van der Waals surface area contributed by atoms with Gasteiger partial charge in [-0.1, -0.05) is 38.1 Å². The summed E-state index contributed by atoms with van der Waals surface area (Å²) in [5.74, 6) is -0.653. The number of amides is 1. The lowest BCUT2D eigenvalue weighted by molar-refractivity contribution is -0.114. The van der Waals surface area contributed by atoms with E-state index in [2.05, 4.69) is 31.4 Å². The van der Waals surface area contributed by atoms with E-state index in [1.54, 1.807) is 12.1 Å². The number of carboxylic acid groups (broad SMARTS) is 1. The van der Waals surface area contributed by atoms with Crippen molar-refractivity contribution in [3.63, 3.8) is 0 Å². The van der Waals surface area contributed by atoms with Gasteiger partial charge in [0.25, 0.3) is 5.91 Å². The molecule has 0 aromatic heterocycles. The number of hydrogen-bond acceptors (Lipinski definition) is 3. The fraction of sp³-hybridized carbons (Fsp3) is 0.238. The van der Waals surface area contributed by atoms with E-state index in [-0.39, 0.29) is 17.5 Å². The first kappa shape index (κ1) is 17.9. The fourth-order valence-electron chi connectivity index (χ4n) is 2.92. The zero-order valence-electron chi connectivity index (χ0n) is 15.1. The molecule has 1 atom stereocenters. The number of benzene rings is 2. The summed E-state index contributed by atoms with van der Waals surface area (Å²) >= 11 is 0. The first-order chi connectivity index (χ1) is 12.4. The van der Waals surface area contributed by atoms with Gasteiger partial charge in [-0.15, -0.1) is 0 Å². The van der Waals surface area contributed by atoms with Gasteiger partial charge in [0.05, 0.1) is 17.3 Å². The van der Waals surface area contributed by atoms with Crippen molar-refractivity contribution >= 4 is 23.6 Å². The van der Waals surface area contributed by atoms with Gasteiger partial charge in [0.15, 0.2) is 0 Å². The number of hydrazine groups is 1. The van der Waals surface area contributed by atoms with Gasteiger partial charge in [0.2, 0.25) is 0 Å². The highest BCUT2D eigenvalue weighted by Gasteiger charge is 2.32. The molecule has 5 nitrogen and oxygen atoms in total. The van der Waals surface area contributed by atoms with Crippen LogP contribution < -0.4 is 10.4 Å². The molecule has 1 fully saturated rings. The van der Waals surface area contributed by atoms with Crippen molar-refractivity contribution in [2.45, 2.75) is 32.7 Å². The number of nitrogens with one attached hydrogen (secondary N) is 1. The Bertz CT molecular complexity index is 852. The van der Waals surface area contributed by atoms with Gasteiger partial charge in [-0.2, -0.15) is 0 Å². The highest BCUT2D eigenvalue weighted by atomic mass is 16.4. The van der Waals surface area contributed by atoms with E-state index in [1.807, 2.05) is 25.1 Å². The van der Waals surface area contributed by atoms with E-state index in [9.17, 15) is 9.59 Å². The highest BCUT2D eigenvalue weighted by Crippen LogP contribution is 2.25. The number of anilines is 1. The summed E-state index contributed by atoms with van der Waals surface area (Å²) in [6.07, 6.45) is 1.90. The predicted octanol–water partition coefficient (Wildman–Crippen LogP) is 3.83. The Morgan fingerprint density at radius 1 is 1.12 bits per heavy atom. The van der Waals surface area contributed by atoms with E-state index in [0.29, 0.717) is 17.2 Å². The van der Waals surface area contributed by atoms with Gasteiger partial charge in [0.1, 0.15) is 0 Å². The van der Waals surface area contributed by atoms with Gasteiger partial charge in [0, 0.05) is 5.57 Å². The number of hydrogen-bond donors (Lipinski definition) is 2. The topological polar surface area (TPSA) is 69.6 Å². The summed E-state index contributed by atoms with van der Waals surface area (Å²) in [6, 6.07) is 14.3. The number of aromatic carboxylic acids is 1. The minimum atomic E-state index is -0.990. The second kappa shape index (κ2) is 7.14. The van der Waals surface area contributed by atoms with E-state index >= 15 is 0 Å². The second-order valence-electron chi connectivity index (χ2n) is 6.76. The molecule has 3 rings (SSSR count). The zero-order valence-corrected chi connectivity index (χ0v) is 15.1. The molecule has 2 aromatic carbocycles. The minimum absolute atomic E-state index is 0.131. The summed E-state index contributed by atoms with van der Waals surface area (Å²) in [6.45, 7) is 6.22. The lowest BCUT2D eigenvalue weighted by Gasteiger charge is -2.16. The molecule has 1 heterocycles. The summed E-state index contributed by atoms with van der Waals surface area (Å²) in [5.41, 5.74) is 6.85. The van der Waals surface area contributed by atoms with Crippen LogP contribution in [0.5, 0.6) is 0 Å². The van der Waals surface area contributed by atoms with Crippen LogP contribution in [0.25, 0.3) is 6.08 Å². The Kier molecular flexibility index (Phi) is 4.91. The van der Waals surface area contributed by atoms with Crippen molar-refractivity contribution < 1.29 is 14.7 Å². The third-order valence-electron chi connectivity index (χ3n) is 4.54. The summed E-state index contributed by atoms with van der Waals surface area (Å²) in [7, 11) is 0. The first-order valence-electron chi connectivity index (χ1n) is 8.62. The number of nitrogens with zero attached hydrogens (tertiary/aromatic N) is 1. The SMILES string of the molecule is CC1NN(c2ccc(C(=O)O)cc2)C(=O)C1=Cc1ccc(C(C)C)cc1. The third kappa shape index (κ3) is 3.53. The van der Waals surface area contributed by atoms with Gasteiger partial charge >= 0.3 is 5.97 Å². The van der Waals surface area contributed by atoms with Gasteiger partial charge in [-0.05, 0) is 54.3 Å². The highest BCUT2D eigenvalue weighted by molar-refractivity contribution is 6.11. The number of carbonyl (C=O) groups excluding carboxylic acids is 1. The van der Waals surface area contributed by atoms with Crippen molar-refractivity contribution in [2.24, 2.45) is 0 Å². The molecule has 1 aliphatic heterocycles. The van der Waals surface area contributed by atoms with E-state index in [4.69, 9.17) is 5.11 Å². The predicted molar refractivity (Wildman–Crippen MR) is 102 cm³/mol. The Morgan fingerprint density at radius 2 is 1.73 bits per heavy atom. The van der Waals surface area contributed by atoms with Crippen LogP contribution in [0.15, 0.2) is 54.1 Å². The molecule has 134 valence electrons. The van der Waals surface area contributed by atoms with Crippen LogP contribution in [0.2, 0.25) is 0 Å². The average Bonchev–Trinajstić information content (AvgIpc) is 2.90. The molecule has 0 spiro atoms. The third-order valence-corrected chi connectivity index (χ3v) is 4.54. The normalized spacial score (nSPS) is 18.8. The number of rotatable bonds is 4. The fourth-order valence-corrected chi connectivity index (χ4v) is 2.92. The largest absolute Gasteiger partial charge is 0.478 e. The first-order valence-corrected chi connectivity index (χ1v) is 8.62. The summed E-state index contributed by atoms with van der Waals surface area (Å²) in [4.78, 5) is 23.8. The molecule has 2 N–H and O–H groups in total. The molecule has 0 saturated carbocycles. The molecule has 0 aliphatic carbocycles. The molecule has 1 saturated heterocycles. The van der Waals surface area contributed by atoms with Crippen LogP contribution in [-0.2, 0) is 4.79 Å². The molecule has 2 aromatic rings. The Labute approximate surface area is 152 Å². The standard InChI is InChI=1S/C21H22N2O3/c1-13(2)16-6-4-15(5-7-16)12-19-14(3)22-23(20(19)24)18-10-8-17(9-11-18)21(25)26/h4-14,22H,1-3H3,(H,25,26). The molecular weight excluding hydrogens is 328 g/mol. The summed E-state index contributed by atoms with van der Waals surface area (Å²) < 4.78 is 0. The smallest absolute Gasteiger partial charge is 0.335 e. The Hall–Kier alpha value is -2.92. The lowest BCUT2D eigenvalue weighted by atomic mass is 10.00. The molecule has 0 radical (unpaired) electrons. The van der Waals surface area contributed by atoms with Crippen molar-refractivity contribution in [1.29, 1.82) is 0 Å². The zero-order chi connectivity index (χ0) is 18.8. The Morgan fingerprint density at radius 3 is 2.27 bits per heavy atom. The van der Waals surface area contributed by atoms with Crippen LogP contribution in [0, 0.1) is 0 Å². The molecule has 0 bridgehead atoms. The van der Waals surface area contributed by atoms with Gasteiger partial charge in [-0.25, -0.2) is 15.2 Å². The minimum Gasteiger partial charge on any atom is -0.478 e. The quantitative estimate of drug-likeness (QED) is 0.822. The molecule has 1 unspecified atom stereocenters. The molecule has 5 heteroatoms. The van der Waals surface area contributed by atoms with Crippen molar-refractivity contribution in [1.82, 2.24) is 5.43 Å². The number of carbonyl (C=O) groups is 2. The van der Waals surface area contributed by atoms with Crippen molar-refractivity contribution in [3.05, 3.63) is 70.8 Å². The van der Waals surface area contributed by atoms with Crippen molar-refractivity contribution in [2.75, 3.05) is 5.01 Å². The maximum atomic E-state index is 12.8. The molecular formula is C21H22N2O3. The van der Waals surface area contributed by atoms with E-state index in [1.165, 1.54) is 22.7 Å².